The number of likely N-dealkylation sites (N-methyl/N-ethyl adjacent to an activating group) is 1. The lowest BCUT2D eigenvalue weighted by atomic mass is 10.1. The molecule has 140 valence electrons. The normalized spacial score (nSPS) is 16.2. The third kappa shape index (κ3) is 7.09. The van der Waals surface area contributed by atoms with Crippen LogP contribution in [0, 0.1) is 5.92 Å². The van der Waals surface area contributed by atoms with E-state index in [0.29, 0.717) is 29.7 Å². The molecular formula is C17H29N5O2S. The van der Waals surface area contributed by atoms with Crippen molar-refractivity contribution in [1.29, 1.82) is 0 Å². The Morgan fingerprint density at radius 3 is 2.68 bits per heavy atom. The maximum absolute atomic E-state index is 12.1. The third-order valence-electron chi connectivity index (χ3n) is 4.11. The Balaban J connectivity index is 1.66. The molecule has 8 heteroatoms. The molecule has 2 rings (SSSR count). The van der Waals surface area contributed by atoms with Crippen molar-refractivity contribution in [3.05, 3.63) is 11.1 Å². The number of carbonyl (C=O) groups excluding carboxylic acids is 2. The van der Waals surface area contributed by atoms with Crippen LogP contribution >= 0.6 is 11.3 Å². The zero-order chi connectivity index (χ0) is 18.2. The molecule has 0 radical (unpaired) electrons. The lowest BCUT2D eigenvalue weighted by Crippen LogP contribution is -2.45. The molecule has 2 N–H and O–H groups in total. The standard InChI is InChI=1S/C17H29N5O2S/c1-13(2)11-15(23)20-17-19-14(12-25-17)16(24)18-5-4-6-22-9-7-21(3)8-10-22/h12-13H,4-11H2,1-3H3,(H,18,24)(H,19,20,23). The average Bonchev–Trinajstić information content (AvgIpc) is 3.00. The summed E-state index contributed by atoms with van der Waals surface area (Å²) in [5.41, 5.74) is 0.365. The van der Waals surface area contributed by atoms with Crippen LogP contribution in [0.4, 0.5) is 5.13 Å². The van der Waals surface area contributed by atoms with Crippen molar-refractivity contribution in [2.45, 2.75) is 26.7 Å². The highest BCUT2D eigenvalue weighted by atomic mass is 32.1. The van der Waals surface area contributed by atoms with Gasteiger partial charge >= 0.3 is 0 Å². The van der Waals surface area contributed by atoms with Crippen molar-refractivity contribution in [3.8, 4) is 0 Å². The topological polar surface area (TPSA) is 77.6 Å². The number of hydrogen-bond donors (Lipinski definition) is 2. The van der Waals surface area contributed by atoms with Gasteiger partial charge in [-0.3, -0.25) is 9.59 Å². The van der Waals surface area contributed by atoms with Crippen LogP contribution < -0.4 is 10.6 Å². The van der Waals surface area contributed by atoms with Crippen LogP contribution in [-0.2, 0) is 4.79 Å². The summed E-state index contributed by atoms with van der Waals surface area (Å²) in [7, 11) is 2.14. The van der Waals surface area contributed by atoms with E-state index < -0.39 is 0 Å². The quantitative estimate of drug-likeness (QED) is 0.681. The van der Waals surface area contributed by atoms with Gasteiger partial charge in [0, 0.05) is 44.5 Å². The first-order valence-corrected chi connectivity index (χ1v) is 9.76. The number of thiazole rings is 1. The van der Waals surface area contributed by atoms with Crippen molar-refractivity contribution < 1.29 is 9.59 Å². The summed E-state index contributed by atoms with van der Waals surface area (Å²) >= 11 is 1.28. The highest BCUT2D eigenvalue weighted by molar-refractivity contribution is 7.14. The number of carbonyl (C=O) groups is 2. The van der Waals surface area contributed by atoms with Crippen molar-refractivity contribution in [2.24, 2.45) is 5.92 Å². The Labute approximate surface area is 153 Å². The largest absolute Gasteiger partial charge is 0.351 e. The number of anilines is 1. The lowest BCUT2D eigenvalue weighted by Gasteiger charge is -2.32. The van der Waals surface area contributed by atoms with E-state index in [-0.39, 0.29) is 11.8 Å². The van der Waals surface area contributed by atoms with Gasteiger partial charge in [0.2, 0.25) is 5.91 Å². The second kappa shape index (κ2) is 9.84. The molecule has 0 unspecified atom stereocenters. The number of rotatable bonds is 8. The number of nitrogens with zero attached hydrogens (tertiary/aromatic N) is 3. The van der Waals surface area contributed by atoms with Crippen molar-refractivity contribution in [3.63, 3.8) is 0 Å². The average molecular weight is 368 g/mol. The molecule has 0 atom stereocenters. The molecule has 0 bridgehead atoms. The summed E-state index contributed by atoms with van der Waals surface area (Å²) in [6.45, 7) is 10.0. The molecule has 1 aromatic heterocycles. The van der Waals surface area contributed by atoms with Gasteiger partial charge in [0.25, 0.3) is 5.91 Å². The van der Waals surface area contributed by atoms with Gasteiger partial charge in [-0.25, -0.2) is 4.98 Å². The fourth-order valence-electron chi connectivity index (χ4n) is 2.64. The summed E-state index contributed by atoms with van der Waals surface area (Å²) in [6.07, 6.45) is 1.38. The Morgan fingerprint density at radius 2 is 2.00 bits per heavy atom. The van der Waals surface area contributed by atoms with Crippen LogP contribution in [-0.4, -0.2) is 72.9 Å². The first kappa shape index (κ1) is 19.8. The smallest absolute Gasteiger partial charge is 0.270 e. The zero-order valence-corrected chi connectivity index (χ0v) is 16.2. The van der Waals surface area contributed by atoms with E-state index in [9.17, 15) is 9.59 Å². The monoisotopic (exact) mass is 367 g/mol. The van der Waals surface area contributed by atoms with E-state index in [1.165, 1.54) is 11.3 Å². The maximum atomic E-state index is 12.1. The van der Waals surface area contributed by atoms with Crippen LogP contribution in [0.3, 0.4) is 0 Å². The Kier molecular flexibility index (Phi) is 7.80. The van der Waals surface area contributed by atoms with Crippen LogP contribution in [0.15, 0.2) is 5.38 Å². The Bertz CT molecular complexity index is 567. The number of amides is 2. The third-order valence-corrected chi connectivity index (χ3v) is 4.87. The molecule has 1 fully saturated rings. The minimum Gasteiger partial charge on any atom is -0.351 e. The number of aromatic nitrogens is 1. The van der Waals surface area contributed by atoms with E-state index in [1.54, 1.807) is 5.38 Å². The Hall–Kier alpha value is -1.51. The highest BCUT2D eigenvalue weighted by Crippen LogP contribution is 2.16. The first-order chi connectivity index (χ1) is 11.9. The molecule has 0 saturated carbocycles. The van der Waals surface area contributed by atoms with Crippen LogP contribution in [0.2, 0.25) is 0 Å². The van der Waals surface area contributed by atoms with Gasteiger partial charge in [0.1, 0.15) is 5.69 Å². The molecule has 1 aliphatic heterocycles. The van der Waals surface area contributed by atoms with Crippen molar-refractivity contribution >= 4 is 28.3 Å². The maximum Gasteiger partial charge on any atom is 0.270 e. The SMILES string of the molecule is CC(C)CC(=O)Nc1nc(C(=O)NCCCN2CCN(C)CC2)cs1. The van der Waals surface area contributed by atoms with E-state index >= 15 is 0 Å². The van der Waals surface area contributed by atoms with Crippen molar-refractivity contribution in [1.82, 2.24) is 20.1 Å². The molecule has 2 heterocycles. The van der Waals surface area contributed by atoms with E-state index in [2.05, 4.69) is 32.5 Å². The molecule has 1 aromatic rings. The second-order valence-corrected chi connectivity index (χ2v) is 7.80. The molecule has 7 nitrogen and oxygen atoms in total. The summed E-state index contributed by atoms with van der Waals surface area (Å²) in [5.74, 6) is 0.0468. The second-order valence-electron chi connectivity index (χ2n) is 6.94. The molecule has 0 aromatic carbocycles. The van der Waals surface area contributed by atoms with Crippen LogP contribution in [0.1, 0.15) is 37.2 Å². The van der Waals surface area contributed by atoms with Crippen LogP contribution in [0.5, 0.6) is 0 Å². The van der Waals surface area contributed by atoms with E-state index in [1.807, 2.05) is 13.8 Å². The predicted molar refractivity (Wildman–Crippen MR) is 101 cm³/mol. The van der Waals surface area contributed by atoms with Gasteiger partial charge < -0.3 is 20.4 Å². The summed E-state index contributed by atoms with van der Waals surface area (Å²) < 4.78 is 0. The van der Waals surface area contributed by atoms with Crippen molar-refractivity contribution in [2.75, 3.05) is 51.6 Å². The van der Waals surface area contributed by atoms with Gasteiger partial charge in [0.15, 0.2) is 5.13 Å². The minimum atomic E-state index is -0.181. The molecule has 0 aliphatic carbocycles. The van der Waals surface area contributed by atoms with Gasteiger partial charge in [-0.05, 0) is 25.9 Å². The fraction of sp³-hybridized carbons (Fsp3) is 0.706. The fourth-order valence-corrected chi connectivity index (χ4v) is 3.35. The molecule has 1 saturated heterocycles. The van der Waals surface area contributed by atoms with E-state index in [4.69, 9.17) is 0 Å². The molecule has 2 amide bonds. The van der Waals surface area contributed by atoms with Gasteiger partial charge in [-0.2, -0.15) is 0 Å². The van der Waals surface area contributed by atoms with Gasteiger partial charge in [-0.15, -0.1) is 11.3 Å². The van der Waals surface area contributed by atoms with Gasteiger partial charge in [0.05, 0.1) is 0 Å². The lowest BCUT2D eigenvalue weighted by molar-refractivity contribution is -0.116. The predicted octanol–water partition coefficient (Wildman–Crippen LogP) is 1.49. The molecular weight excluding hydrogens is 338 g/mol. The summed E-state index contributed by atoms with van der Waals surface area (Å²) in [5, 5.41) is 7.80. The highest BCUT2D eigenvalue weighted by Gasteiger charge is 2.14. The minimum absolute atomic E-state index is 0.0662. The van der Waals surface area contributed by atoms with E-state index in [0.717, 1.165) is 39.1 Å². The number of hydrogen-bond acceptors (Lipinski definition) is 6. The molecule has 25 heavy (non-hydrogen) atoms. The zero-order valence-electron chi connectivity index (χ0n) is 15.4. The molecule has 1 aliphatic rings. The van der Waals surface area contributed by atoms with Crippen LogP contribution in [0.25, 0.3) is 0 Å². The number of nitrogens with one attached hydrogen (secondary N) is 2. The molecule has 0 spiro atoms. The summed E-state index contributed by atoms with van der Waals surface area (Å²) in [6, 6.07) is 0. The number of piperazine rings is 1. The van der Waals surface area contributed by atoms with Gasteiger partial charge in [-0.1, -0.05) is 13.8 Å². The first-order valence-electron chi connectivity index (χ1n) is 8.88. The summed E-state index contributed by atoms with van der Waals surface area (Å²) in [4.78, 5) is 32.8. The Morgan fingerprint density at radius 1 is 1.28 bits per heavy atom.